The number of hydrogen-bond donors (Lipinski definition) is 0. The third-order valence-electron chi connectivity index (χ3n) is 8.09. The molecule has 0 amide bonds. The molecule has 0 aliphatic heterocycles. The molecule has 4 heteroatoms. The van der Waals surface area contributed by atoms with Gasteiger partial charge in [0.15, 0.2) is 5.78 Å². The lowest BCUT2D eigenvalue weighted by molar-refractivity contribution is -0.148. The molecule has 7 atom stereocenters. The van der Waals surface area contributed by atoms with Crippen LogP contribution in [0.15, 0.2) is 11.6 Å². The largest absolute Gasteiger partial charge is 0.462 e. The second kappa shape index (κ2) is 5.94. The summed E-state index contributed by atoms with van der Waals surface area (Å²) in [5, 5.41) is 0. The first kappa shape index (κ1) is 17.8. The Kier molecular flexibility index (Phi) is 4.22. The molecule has 0 aromatic heterocycles. The highest BCUT2D eigenvalue weighted by molar-refractivity contribution is 9.10. The van der Waals surface area contributed by atoms with Gasteiger partial charge in [-0.3, -0.25) is 9.59 Å². The number of allylic oxidation sites excluding steroid dienone is 1. The van der Waals surface area contributed by atoms with E-state index in [1.54, 1.807) is 0 Å². The summed E-state index contributed by atoms with van der Waals surface area (Å²) < 4.78 is 5.50. The van der Waals surface area contributed by atoms with Gasteiger partial charge in [0.1, 0.15) is 6.10 Å². The third kappa shape index (κ3) is 2.57. The van der Waals surface area contributed by atoms with Gasteiger partial charge in [-0.05, 0) is 61.7 Å². The Morgan fingerprint density at radius 1 is 1.20 bits per heavy atom. The average Bonchev–Trinajstić information content (AvgIpc) is 2.78. The Bertz CT molecular complexity index is 641. The smallest absolute Gasteiger partial charge is 0.302 e. The normalized spacial score (nSPS) is 48.9. The minimum atomic E-state index is -0.163. The van der Waals surface area contributed by atoms with Crippen molar-refractivity contribution in [2.75, 3.05) is 0 Å². The zero-order valence-electron chi connectivity index (χ0n) is 15.5. The van der Waals surface area contributed by atoms with Crippen molar-refractivity contribution in [1.29, 1.82) is 0 Å². The fourth-order valence-corrected chi connectivity index (χ4v) is 7.64. The number of esters is 1. The van der Waals surface area contributed by atoms with Crippen LogP contribution < -0.4 is 0 Å². The summed E-state index contributed by atoms with van der Waals surface area (Å²) in [6.45, 7) is 6.16. The molecule has 0 aromatic rings. The zero-order valence-corrected chi connectivity index (χ0v) is 17.1. The van der Waals surface area contributed by atoms with Gasteiger partial charge in [-0.15, -0.1) is 0 Å². The van der Waals surface area contributed by atoms with Crippen LogP contribution in [-0.4, -0.2) is 22.7 Å². The van der Waals surface area contributed by atoms with Crippen LogP contribution in [0, 0.1) is 28.6 Å². The second-order valence-corrected chi connectivity index (χ2v) is 10.4. The number of carbonyl (C=O) groups excluding carboxylic acids is 2. The summed E-state index contributed by atoms with van der Waals surface area (Å²) >= 11 is 3.65. The Hall–Kier alpha value is -0.640. The van der Waals surface area contributed by atoms with Crippen LogP contribution in [-0.2, 0) is 14.3 Å². The molecular formula is C21H29BrO3. The van der Waals surface area contributed by atoms with Gasteiger partial charge in [-0.1, -0.05) is 41.4 Å². The van der Waals surface area contributed by atoms with Gasteiger partial charge < -0.3 is 4.74 Å². The highest BCUT2D eigenvalue weighted by Crippen LogP contribution is 2.64. The van der Waals surface area contributed by atoms with Crippen molar-refractivity contribution in [3.63, 3.8) is 0 Å². The molecule has 0 radical (unpaired) electrons. The molecule has 3 saturated carbocycles. The monoisotopic (exact) mass is 408 g/mol. The fraction of sp³-hybridized carbons (Fsp3) is 0.810. The van der Waals surface area contributed by atoms with E-state index in [1.807, 2.05) is 0 Å². The number of halogens is 1. The SMILES string of the molecule is CC(=O)O[C@H]1CC[C@@]2(C)C(=CC[C@H]3C4C[C@@H](Br)C(=O)[C@@]4(C)CC[C@@H]32)C1. The fourth-order valence-electron chi connectivity index (χ4n) is 6.71. The van der Waals surface area contributed by atoms with Crippen molar-refractivity contribution in [3.8, 4) is 0 Å². The summed E-state index contributed by atoms with van der Waals surface area (Å²) in [7, 11) is 0. The lowest BCUT2D eigenvalue weighted by Crippen LogP contribution is -2.50. The van der Waals surface area contributed by atoms with E-state index in [2.05, 4.69) is 35.9 Å². The van der Waals surface area contributed by atoms with Crippen LogP contribution in [0.25, 0.3) is 0 Å². The molecule has 138 valence electrons. The number of alkyl halides is 1. The van der Waals surface area contributed by atoms with Crippen LogP contribution in [0.4, 0.5) is 0 Å². The minimum Gasteiger partial charge on any atom is -0.462 e. The number of Topliss-reactive ketones (excluding diaryl/α,β-unsaturated/α-hetero) is 1. The van der Waals surface area contributed by atoms with Gasteiger partial charge in [-0.2, -0.15) is 0 Å². The first-order valence-electron chi connectivity index (χ1n) is 9.81. The van der Waals surface area contributed by atoms with Gasteiger partial charge in [-0.25, -0.2) is 0 Å². The minimum absolute atomic E-state index is 0.0548. The summed E-state index contributed by atoms with van der Waals surface area (Å²) in [5.74, 6) is 2.10. The molecule has 0 spiro atoms. The zero-order chi connectivity index (χ0) is 18.0. The average molecular weight is 409 g/mol. The number of ether oxygens (including phenoxy) is 1. The Morgan fingerprint density at radius 3 is 2.64 bits per heavy atom. The molecule has 0 saturated heterocycles. The quantitative estimate of drug-likeness (QED) is 0.354. The van der Waals surface area contributed by atoms with Crippen molar-refractivity contribution in [2.24, 2.45) is 28.6 Å². The maximum atomic E-state index is 12.7. The van der Waals surface area contributed by atoms with Crippen LogP contribution in [0.2, 0.25) is 0 Å². The lowest BCUT2D eigenvalue weighted by atomic mass is 9.48. The summed E-state index contributed by atoms with van der Waals surface area (Å²) in [5.41, 5.74) is 1.62. The third-order valence-corrected chi connectivity index (χ3v) is 8.88. The molecule has 25 heavy (non-hydrogen) atoms. The summed E-state index contributed by atoms with van der Waals surface area (Å²) in [6, 6.07) is 0. The molecular weight excluding hydrogens is 380 g/mol. The van der Waals surface area contributed by atoms with E-state index >= 15 is 0 Å². The van der Waals surface area contributed by atoms with E-state index in [4.69, 9.17) is 4.74 Å². The van der Waals surface area contributed by atoms with Crippen molar-refractivity contribution >= 4 is 27.7 Å². The van der Waals surface area contributed by atoms with Crippen molar-refractivity contribution < 1.29 is 14.3 Å². The maximum Gasteiger partial charge on any atom is 0.302 e. The Labute approximate surface area is 159 Å². The van der Waals surface area contributed by atoms with Gasteiger partial charge in [0.2, 0.25) is 0 Å². The highest BCUT2D eigenvalue weighted by Gasteiger charge is 2.60. The van der Waals surface area contributed by atoms with Gasteiger partial charge in [0.25, 0.3) is 0 Å². The van der Waals surface area contributed by atoms with Crippen LogP contribution >= 0.6 is 15.9 Å². The molecule has 0 bridgehead atoms. The first-order chi connectivity index (χ1) is 11.8. The van der Waals surface area contributed by atoms with Gasteiger partial charge >= 0.3 is 5.97 Å². The van der Waals surface area contributed by atoms with E-state index < -0.39 is 0 Å². The van der Waals surface area contributed by atoms with Crippen molar-refractivity contribution in [1.82, 2.24) is 0 Å². The summed E-state index contributed by atoms with van der Waals surface area (Å²) in [6.07, 6.45) is 9.77. The molecule has 1 unspecified atom stereocenters. The Morgan fingerprint density at radius 2 is 1.92 bits per heavy atom. The molecule has 0 aromatic carbocycles. The number of ketones is 1. The molecule has 0 heterocycles. The Balaban J connectivity index is 1.61. The van der Waals surface area contributed by atoms with E-state index in [9.17, 15) is 9.59 Å². The molecule has 3 fully saturated rings. The number of rotatable bonds is 1. The molecule has 4 aliphatic carbocycles. The maximum absolute atomic E-state index is 12.7. The standard InChI is InChI=1S/C21H29BrO3/c1-12(23)25-14-6-8-20(2)13(10-14)4-5-15-16(20)7-9-21(3)17(15)11-18(22)19(21)24/h4,14-18H,5-11H2,1-3H3/t14-,15+,16-,17?,18+,20-,21-/m0/s1. The van der Waals surface area contributed by atoms with Crippen LogP contribution in [0.3, 0.4) is 0 Å². The molecule has 3 nitrogen and oxygen atoms in total. The van der Waals surface area contributed by atoms with E-state index in [0.717, 1.165) is 44.9 Å². The predicted octanol–water partition coefficient (Wildman–Crippen LogP) is 4.82. The van der Waals surface area contributed by atoms with Gasteiger partial charge in [0, 0.05) is 18.8 Å². The van der Waals surface area contributed by atoms with Gasteiger partial charge in [0.05, 0.1) is 4.83 Å². The van der Waals surface area contributed by atoms with Crippen molar-refractivity contribution in [3.05, 3.63) is 11.6 Å². The lowest BCUT2D eigenvalue weighted by Gasteiger charge is -2.56. The number of hydrogen-bond acceptors (Lipinski definition) is 3. The molecule has 4 rings (SSSR count). The van der Waals surface area contributed by atoms with E-state index in [0.29, 0.717) is 23.5 Å². The topological polar surface area (TPSA) is 43.4 Å². The first-order valence-corrected chi connectivity index (χ1v) is 10.7. The highest BCUT2D eigenvalue weighted by atomic mass is 79.9. The van der Waals surface area contributed by atoms with E-state index in [1.165, 1.54) is 12.5 Å². The molecule has 0 N–H and O–H groups in total. The number of fused-ring (bicyclic) bond motifs is 5. The van der Waals surface area contributed by atoms with Crippen molar-refractivity contribution in [2.45, 2.75) is 76.6 Å². The predicted molar refractivity (Wildman–Crippen MR) is 100 cm³/mol. The van der Waals surface area contributed by atoms with Crippen LogP contribution in [0.1, 0.15) is 65.7 Å². The second-order valence-electron chi connectivity index (χ2n) is 9.26. The number of carbonyl (C=O) groups is 2. The molecule has 4 aliphatic rings. The summed E-state index contributed by atoms with van der Waals surface area (Å²) in [4.78, 5) is 24.1. The van der Waals surface area contributed by atoms with Crippen LogP contribution in [0.5, 0.6) is 0 Å². The van der Waals surface area contributed by atoms with E-state index in [-0.39, 0.29) is 27.7 Å².